The Morgan fingerprint density at radius 1 is 1.05 bits per heavy atom. The fraction of sp³-hybridized carbons (Fsp3) is 0.118. The third-order valence-electron chi connectivity index (χ3n) is 2.95. The maximum atomic E-state index is 5.70. The van der Waals surface area contributed by atoms with Crippen LogP contribution in [0, 0.1) is 6.92 Å². The highest BCUT2D eigenvalue weighted by Crippen LogP contribution is 2.19. The Morgan fingerprint density at radius 2 is 1.90 bits per heavy atom. The largest absolute Gasteiger partial charge is 0.487 e. The first kappa shape index (κ1) is 12.5. The van der Waals surface area contributed by atoms with Crippen LogP contribution in [0.2, 0.25) is 0 Å². The summed E-state index contributed by atoms with van der Waals surface area (Å²) in [4.78, 5) is 4.43. The van der Waals surface area contributed by atoms with Gasteiger partial charge in [0, 0.05) is 5.56 Å². The number of oxazole rings is 1. The first-order valence-electron chi connectivity index (χ1n) is 6.50. The molecule has 0 bridgehead atoms. The highest BCUT2D eigenvalue weighted by Gasteiger charge is 2.06. The van der Waals surface area contributed by atoms with E-state index in [1.807, 2.05) is 61.5 Å². The van der Waals surface area contributed by atoms with Gasteiger partial charge in [0.2, 0.25) is 5.89 Å². The Kier molecular flexibility index (Phi) is 3.50. The molecule has 0 saturated carbocycles. The molecule has 3 heteroatoms. The zero-order chi connectivity index (χ0) is 13.8. The summed E-state index contributed by atoms with van der Waals surface area (Å²) in [6, 6.07) is 17.8. The molecular formula is C17H15NO2. The van der Waals surface area contributed by atoms with Crippen LogP contribution in [0.25, 0.3) is 11.5 Å². The molecule has 20 heavy (non-hydrogen) atoms. The average Bonchev–Trinajstić information content (AvgIpc) is 2.95. The molecule has 0 radical (unpaired) electrons. The van der Waals surface area contributed by atoms with Gasteiger partial charge in [0.05, 0.1) is 0 Å². The molecule has 3 nitrogen and oxygen atoms in total. The maximum absolute atomic E-state index is 5.70. The second-order valence-electron chi connectivity index (χ2n) is 4.62. The van der Waals surface area contributed by atoms with E-state index >= 15 is 0 Å². The fourth-order valence-corrected chi connectivity index (χ4v) is 1.95. The second kappa shape index (κ2) is 5.61. The summed E-state index contributed by atoms with van der Waals surface area (Å²) in [5.74, 6) is 1.46. The maximum Gasteiger partial charge on any atom is 0.226 e. The van der Waals surface area contributed by atoms with Gasteiger partial charge < -0.3 is 9.15 Å². The number of nitrogens with zero attached hydrogens (tertiary/aromatic N) is 1. The molecule has 1 aromatic heterocycles. The lowest BCUT2D eigenvalue weighted by atomic mass is 10.2. The zero-order valence-electron chi connectivity index (χ0n) is 11.2. The van der Waals surface area contributed by atoms with E-state index in [4.69, 9.17) is 9.15 Å². The second-order valence-corrected chi connectivity index (χ2v) is 4.62. The molecule has 0 spiro atoms. The first-order chi connectivity index (χ1) is 9.81. The molecule has 3 aromatic rings. The number of ether oxygens (including phenoxy) is 1. The first-order valence-corrected chi connectivity index (χ1v) is 6.50. The number of rotatable bonds is 4. The zero-order valence-corrected chi connectivity index (χ0v) is 11.2. The number of benzene rings is 2. The molecule has 0 saturated heterocycles. The molecule has 1 heterocycles. The number of aryl methyl sites for hydroxylation is 1. The van der Waals surface area contributed by atoms with E-state index in [0.717, 1.165) is 17.0 Å². The lowest BCUT2D eigenvalue weighted by Crippen LogP contribution is -1.95. The predicted molar refractivity (Wildman–Crippen MR) is 77.5 cm³/mol. The molecular weight excluding hydrogens is 250 g/mol. The van der Waals surface area contributed by atoms with Crippen LogP contribution in [-0.4, -0.2) is 4.98 Å². The molecule has 0 unspecified atom stereocenters. The minimum atomic E-state index is 0.403. The van der Waals surface area contributed by atoms with Crippen molar-refractivity contribution in [2.24, 2.45) is 0 Å². The van der Waals surface area contributed by atoms with Gasteiger partial charge in [-0.15, -0.1) is 0 Å². The van der Waals surface area contributed by atoms with E-state index in [1.54, 1.807) is 6.26 Å². The van der Waals surface area contributed by atoms with Crippen LogP contribution >= 0.6 is 0 Å². The third-order valence-corrected chi connectivity index (χ3v) is 2.95. The number of hydrogen-bond acceptors (Lipinski definition) is 3. The van der Waals surface area contributed by atoms with Gasteiger partial charge in [0.15, 0.2) is 0 Å². The normalized spacial score (nSPS) is 10.4. The van der Waals surface area contributed by atoms with Crippen LogP contribution in [0.4, 0.5) is 0 Å². The minimum Gasteiger partial charge on any atom is -0.487 e. The third kappa shape index (κ3) is 2.88. The SMILES string of the molecule is Cc1cccc(OCc2coc(-c3ccccc3)n2)c1. The van der Waals surface area contributed by atoms with E-state index in [1.165, 1.54) is 5.56 Å². The van der Waals surface area contributed by atoms with Crippen LogP contribution < -0.4 is 4.74 Å². The molecule has 100 valence electrons. The summed E-state index contributed by atoms with van der Waals surface area (Å²) < 4.78 is 11.2. The van der Waals surface area contributed by atoms with Crippen molar-refractivity contribution >= 4 is 0 Å². The van der Waals surface area contributed by atoms with Gasteiger partial charge >= 0.3 is 0 Å². The van der Waals surface area contributed by atoms with Crippen molar-refractivity contribution < 1.29 is 9.15 Å². The van der Waals surface area contributed by atoms with E-state index < -0.39 is 0 Å². The molecule has 0 atom stereocenters. The smallest absolute Gasteiger partial charge is 0.226 e. The molecule has 0 aliphatic carbocycles. The van der Waals surface area contributed by atoms with Crippen LogP contribution in [0.5, 0.6) is 5.75 Å². The average molecular weight is 265 g/mol. The van der Waals surface area contributed by atoms with Gasteiger partial charge in [0.1, 0.15) is 24.3 Å². The van der Waals surface area contributed by atoms with Crippen LogP contribution in [0.1, 0.15) is 11.3 Å². The monoisotopic (exact) mass is 265 g/mol. The summed E-state index contributed by atoms with van der Waals surface area (Å²) in [5.41, 5.74) is 2.92. The van der Waals surface area contributed by atoms with Crippen molar-refractivity contribution in [3.8, 4) is 17.2 Å². The minimum absolute atomic E-state index is 0.403. The van der Waals surface area contributed by atoms with E-state index in [9.17, 15) is 0 Å². The Hall–Kier alpha value is -2.55. The van der Waals surface area contributed by atoms with Crippen molar-refractivity contribution in [3.05, 3.63) is 72.1 Å². The van der Waals surface area contributed by atoms with Gasteiger partial charge in [0.25, 0.3) is 0 Å². The standard InChI is InChI=1S/C17H15NO2/c1-13-6-5-9-16(10-13)19-11-15-12-20-17(18-15)14-7-3-2-4-8-14/h2-10,12H,11H2,1H3. The van der Waals surface area contributed by atoms with E-state index in [-0.39, 0.29) is 0 Å². The quantitative estimate of drug-likeness (QED) is 0.708. The molecule has 0 aliphatic rings. The predicted octanol–water partition coefficient (Wildman–Crippen LogP) is 4.23. The summed E-state index contributed by atoms with van der Waals surface area (Å²) in [7, 11) is 0. The van der Waals surface area contributed by atoms with Crippen molar-refractivity contribution in [2.45, 2.75) is 13.5 Å². The summed E-state index contributed by atoms with van der Waals surface area (Å²) in [5, 5.41) is 0. The van der Waals surface area contributed by atoms with Crippen LogP contribution in [-0.2, 0) is 6.61 Å². The fourth-order valence-electron chi connectivity index (χ4n) is 1.95. The van der Waals surface area contributed by atoms with Gasteiger partial charge in [-0.3, -0.25) is 0 Å². The molecule has 3 rings (SSSR count). The Balaban J connectivity index is 1.69. The van der Waals surface area contributed by atoms with Gasteiger partial charge in [-0.2, -0.15) is 0 Å². The van der Waals surface area contributed by atoms with E-state index in [0.29, 0.717) is 12.5 Å². The Morgan fingerprint density at radius 3 is 2.70 bits per heavy atom. The number of aromatic nitrogens is 1. The topological polar surface area (TPSA) is 35.3 Å². The van der Waals surface area contributed by atoms with Gasteiger partial charge in [-0.25, -0.2) is 4.98 Å². The lowest BCUT2D eigenvalue weighted by Gasteiger charge is -2.04. The van der Waals surface area contributed by atoms with Crippen LogP contribution in [0.15, 0.2) is 65.3 Å². The molecule has 0 amide bonds. The van der Waals surface area contributed by atoms with Crippen molar-refractivity contribution in [1.29, 1.82) is 0 Å². The van der Waals surface area contributed by atoms with Crippen molar-refractivity contribution in [3.63, 3.8) is 0 Å². The van der Waals surface area contributed by atoms with Crippen molar-refractivity contribution in [1.82, 2.24) is 4.98 Å². The molecule has 2 aromatic carbocycles. The summed E-state index contributed by atoms with van der Waals surface area (Å²) in [6.45, 7) is 2.44. The van der Waals surface area contributed by atoms with E-state index in [2.05, 4.69) is 4.98 Å². The number of hydrogen-bond donors (Lipinski definition) is 0. The van der Waals surface area contributed by atoms with Gasteiger partial charge in [-0.1, -0.05) is 30.3 Å². The Labute approximate surface area is 117 Å². The van der Waals surface area contributed by atoms with Crippen LogP contribution in [0.3, 0.4) is 0 Å². The molecule has 0 fully saturated rings. The lowest BCUT2D eigenvalue weighted by molar-refractivity contribution is 0.301. The van der Waals surface area contributed by atoms with Gasteiger partial charge in [-0.05, 0) is 36.8 Å². The van der Waals surface area contributed by atoms with Crippen molar-refractivity contribution in [2.75, 3.05) is 0 Å². The Bertz CT molecular complexity index is 689. The highest BCUT2D eigenvalue weighted by molar-refractivity contribution is 5.52. The summed E-state index contributed by atoms with van der Waals surface area (Å²) in [6.07, 6.45) is 1.64. The molecule has 0 aliphatic heterocycles. The summed E-state index contributed by atoms with van der Waals surface area (Å²) >= 11 is 0. The molecule has 0 N–H and O–H groups in total. The highest BCUT2D eigenvalue weighted by atomic mass is 16.5.